The van der Waals surface area contributed by atoms with E-state index in [9.17, 15) is 4.79 Å². The van der Waals surface area contributed by atoms with E-state index in [4.69, 9.17) is 0 Å². The molecule has 2 nitrogen and oxygen atoms in total. The van der Waals surface area contributed by atoms with Gasteiger partial charge in [-0.1, -0.05) is 22.9 Å². The third-order valence-electron chi connectivity index (χ3n) is 3.00. The van der Waals surface area contributed by atoms with Crippen molar-refractivity contribution in [3.05, 3.63) is 0 Å². The lowest BCUT2D eigenvalue weighted by Crippen LogP contribution is -2.41. The highest BCUT2D eigenvalue weighted by atomic mass is 79.9. The summed E-state index contributed by atoms with van der Waals surface area (Å²) < 4.78 is 0. The molecule has 1 atom stereocenters. The molecule has 1 rings (SSSR count). The summed E-state index contributed by atoms with van der Waals surface area (Å²) >= 11 is 5.33. The SMILES string of the molecule is CCC(Br)C(=O)NC1CCC(SC)CC1. The molecule has 88 valence electrons. The molecule has 0 bridgehead atoms. The Morgan fingerprint density at radius 2 is 2.07 bits per heavy atom. The molecule has 0 aromatic carbocycles. The molecule has 1 amide bonds. The van der Waals surface area contributed by atoms with Crippen molar-refractivity contribution in [1.29, 1.82) is 0 Å². The largest absolute Gasteiger partial charge is 0.352 e. The van der Waals surface area contributed by atoms with Crippen molar-refractivity contribution < 1.29 is 4.79 Å². The summed E-state index contributed by atoms with van der Waals surface area (Å²) in [7, 11) is 0. The fourth-order valence-corrected chi connectivity index (χ4v) is 2.80. The number of thioether (sulfide) groups is 1. The van der Waals surface area contributed by atoms with E-state index in [-0.39, 0.29) is 10.7 Å². The molecule has 15 heavy (non-hydrogen) atoms. The van der Waals surface area contributed by atoms with Crippen molar-refractivity contribution in [2.24, 2.45) is 0 Å². The van der Waals surface area contributed by atoms with E-state index in [2.05, 4.69) is 27.5 Å². The molecule has 0 aliphatic heterocycles. The van der Waals surface area contributed by atoms with Crippen molar-refractivity contribution in [3.63, 3.8) is 0 Å². The van der Waals surface area contributed by atoms with Crippen LogP contribution in [0, 0.1) is 0 Å². The van der Waals surface area contributed by atoms with Crippen LogP contribution in [0.15, 0.2) is 0 Å². The monoisotopic (exact) mass is 293 g/mol. The molecule has 1 fully saturated rings. The minimum Gasteiger partial charge on any atom is -0.352 e. The number of hydrogen-bond donors (Lipinski definition) is 1. The van der Waals surface area contributed by atoms with E-state index in [1.807, 2.05) is 18.7 Å². The van der Waals surface area contributed by atoms with Crippen LogP contribution in [0.5, 0.6) is 0 Å². The molecule has 0 aromatic heterocycles. The number of carbonyl (C=O) groups excluding carboxylic acids is 1. The molecule has 4 heteroatoms. The molecule has 1 aliphatic carbocycles. The summed E-state index contributed by atoms with van der Waals surface area (Å²) in [6, 6.07) is 0.410. The molecule has 1 N–H and O–H groups in total. The summed E-state index contributed by atoms with van der Waals surface area (Å²) in [5.74, 6) is 0.158. The molecule has 0 aromatic rings. The van der Waals surface area contributed by atoms with Crippen LogP contribution in [0.4, 0.5) is 0 Å². The first-order valence-electron chi connectivity index (χ1n) is 5.64. The lowest BCUT2D eigenvalue weighted by atomic mass is 9.95. The minimum absolute atomic E-state index is 0.0178. The van der Waals surface area contributed by atoms with Crippen LogP contribution in [-0.2, 0) is 4.79 Å². The van der Waals surface area contributed by atoms with Crippen LogP contribution in [0.2, 0.25) is 0 Å². The average molecular weight is 294 g/mol. The van der Waals surface area contributed by atoms with Crippen molar-refractivity contribution in [1.82, 2.24) is 5.32 Å². The Balaban J connectivity index is 2.26. The van der Waals surface area contributed by atoms with E-state index in [1.165, 1.54) is 12.8 Å². The predicted molar refractivity (Wildman–Crippen MR) is 70.7 cm³/mol. The van der Waals surface area contributed by atoms with Gasteiger partial charge >= 0.3 is 0 Å². The lowest BCUT2D eigenvalue weighted by molar-refractivity contribution is -0.121. The second-order valence-electron chi connectivity index (χ2n) is 4.09. The number of halogens is 1. The molecule has 0 heterocycles. The first-order valence-corrected chi connectivity index (χ1v) is 7.85. The fourth-order valence-electron chi connectivity index (χ4n) is 1.92. The summed E-state index contributed by atoms with van der Waals surface area (Å²) in [5.41, 5.74) is 0. The van der Waals surface area contributed by atoms with Gasteiger partial charge in [0.2, 0.25) is 5.91 Å². The molecular weight excluding hydrogens is 274 g/mol. The quantitative estimate of drug-likeness (QED) is 0.808. The summed E-state index contributed by atoms with van der Waals surface area (Å²) in [6.07, 6.45) is 7.79. The fraction of sp³-hybridized carbons (Fsp3) is 0.909. The van der Waals surface area contributed by atoms with Gasteiger partial charge in [-0.05, 0) is 38.4 Å². The first-order chi connectivity index (χ1) is 7.17. The zero-order valence-corrected chi connectivity index (χ0v) is 11.9. The van der Waals surface area contributed by atoms with Gasteiger partial charge in [0.1, 0.15) is 0 Å². The zero-order valence-electron chi connectivity index (χ0n) is 9.46. The van der Waals surface area contributed by atoms with Crippen LogP contribution in [0.3, 0.4) is 0 Å². The van der Waals surface area contributed by atoms with Gasteiger partial charge in [-0.15, -0.1) is 0 Å². The topological polar surface area (TPSA) is 29.1 Å². The van der Waals surface area contributed by atoms with E-state index in [0.29, 0.717) is 6.04 Å². The lowest BCUT2D eigenvalue weighted by Gasteiger charge is -2.28. The molecule has 1 unspecified atom stereocenters. The second kappa shape index (κ2) is 6.79. The van der Waals surface area contributed by atoms with Crippen molar-refractivity contribution in [3.8, 4) is 0 Å². The van der Waals surface area contributed by atoms with E-state index >= 15 is 0 Å². The number of rotatable bonds is 4. The number of amides is 1. The molecule has 0 radical (unpaired) electrons. The van der Waals surface area contributed by atoms with Gasteiger partial charge in [0.25, 0.3) is 0 Å². The normalized spacial score (nSPS) is 28.5. The molecule has 1 aliphatic rings. The maximum Gasteiger partial charge on any atom is 0.233 e. The van der Waals surface area contributed by atoms with Gasteiger partial charge in [0, 0.05) is 11.3 Å². The van der Waals surface area contributed by atoms with E-state index < -0.39 is 0 Å². The van der Waals surface area contributed by atoms with Crippen LogP contribution >= 0.6 is 27.7 Å². The van der Waals surface area contributed by atoms with Gasteiger partial charge < -0.3 is 5.32 Å². The first kappa shape index (κ1) is 13.4. The van der Waals surface area contributed by atoms with Gasteiger partial charge in [0.15, 0.2) is 0 Å². The Morgan fingerprint density at radius 1 is 1.47 bits per heavy atom. The smallest absolute Gasteiger partial charge is 0.233 e. The number of nitrogens with one attached hydrogen (secondary N) is 1. The summed E-state index contributed by atoms with van der Waals surface area (Å²) in [4.78, 5) is 11.6. The van der Waals surface area contributed by atoms with Crippen LogP contribution < -0.4 is 5.32 Å². The zero-order chi connectivity index (χ0) is 11.3. The van der Waals surface area contributed by atoms with Crippen molar-refractivity contribution >= 4 is 33.6 Å². The number of hydrogen-bond acceptors (Lipinski definition) is 2. The van der Waals surface area contributed by atoms with Gasteiger partial charge in [0.05, 0.1) is 4.83 Å². The van der Waals surface area contributed by atoms with Gasteiger partial charge in [-0.25, -0.2) is 0 Å². The second-order valence-corrected chi connectivity index (χ2v) is 6.34. The van der Waals surface area contributed by atoms with Crippen LogP contribution in [0.1, 0.15) is 39.0 Å². The average Bonchev–Trinajstić information content (AvgIpc) is 2.29. The Kier molecular flexibility index (Phi) is 6.05. The summed E-state index contributed by atoms with van der Waals surface area (Å²) in [6.45, 7) is 2.02. The molecule has 0 spiro atoms. The Bertz CT molecular complexity index is 205. The standard InChI is InChI=1S/C11H20BrNOS/c1-3-10(12)11(14)13-8-4-6-9(15-2)7-5-8/h8-10H,3-7H2,1-2H3,(H,13,14). The minimum atomic E-state index is -0.0178. The van der Waals surface area contributed by atoms with Crippen molar-refractivity contribution in [2.75, 3.05) is 6.26 Å². The third-order valence-corrected chi connectivity index (χ3v) is 5.20. The van der Waals surface area contributed by atoms with Gasteiger partial charge in [-0.2, -0.15) is 11.8 Å². The highest BCUT2D eigenvalue weighted by molar-refractivity contribution is 9.10. The molecule has 0 saturated heterocycles. The molecule has 1 saturated carbocycles. The van der Waals surface area contributed by atoms with Crippen LogP contribution in [-0.4, -0.2) is 28.3 Å². The Morgan fingerprint density at radius 3 is 2.53 bits per heavy atom. The number of alkyl halides is 1. The maximum absolute atomic E-state index is 11.6. The van der Waals surface area contributed by atoms with E-state index in [1.54, 1.807) is 0 Å². The highest BCUT2D eigenvalue weighted by Crippen LogP contribution is 2.26. The van der Waals surface area contributed by atoms with Gasteiger partial charge in [-0.3, -0.25) is 4.79 Å². The third kappa shape index (κ3) is 4.35. The number of carbonyl (C=O) groups is 1. The van der Waals surface area contributed by atoms with E-state index in [0.717, 1.165) is 24.5 Å². The Hall–Kier alpha value is 0.300. The molecular formula is C11H20BrNOS. The summed E-state index contributed by atoms with van der Waals surface area (Å²) in [5, 5.41) is 3.93. The Labute approximate surface area is 105 Å². The van der Waals surface area contributed by atoms with Crippen molar-refractivity contribution in [2.45, 2.75) is 55.1 Å². The predicted octanol–water partition coefficient (Wildman–Crippen LogP) is 2.95. The highest BCUT2D eigenvalue weighted by Gasteiger charge is 2.23. The van der Waals surface area contributed by atoms with Crippen LogP contribution in [0.25, 0.3) is 0 Å². The maximum atomic E-state index is 11.6.